The van der Waals surface area contributed by atoms with E-state index < -0.39 is 12.6 Å². The lowest BCUT2D eigenvalue weighted by molar-refractivity contribution is -0.138. The van der Waals surface area contributed by atoms with Gasteiger partial charge in [-0.15, -0.1) is 0 Å². The summed E-state index contributed by atoms with van der Waals surface area (Å²) >= 11 is 0. The smallest absolute Gasteiger partial charge is 0.389 e. The number of benzene rings is 2. The van der Waals surface area contributed by atoms with E-state index in [9.17, 15) is 23.4 Å². The Labute approximate surface area is 230 Å². The van der Waals surface area contributed by atoms with Gasteiger partial charge in [-0.25, -0.2) is 0 Å². The normalized spacial score (nSPS) is 17.6. The van der Waals surface area contributed by atoms with Crippen LogP contribution in [0.4, 0.5) is 13.2 Å². The number of hydrogen-bond donors (Lipinski definition) is 2. The fourth-order valence-electron chi connectivity index (χ4n) is 5.10. The molecule has 4 nitrogen and oxygen atoms in total. The van der Waals surface area contributed by atoms with Gasteiger partial charge in [0.05, 0.1) is 26.4 Å². The third kappa shape index (κ3) is 10.0. The van der Waals surface area contributed by atoms with Crippen LogP contribution in [0.3, 0.4) is 0 Å². The second-order valence-electron chi connectivity index (χ2n) is 10.7. The van der Waals surface area contributed by atoms with Crippen molar-refractivity contribution in [3.63, 3.8) is 0 Å². The number of aliphatic hydroxyl groups excluding tert-OH is 2. The molecule has 0 spiro atoms. The third-order valence-electron chi connectivity index (χ3n) is 7.49. The Balaban J connectivity index is 1.72. The minimum absolute atomic E-state index is 0.0761. The van der Waals surface area contributed by atoms with Crippen LogP contribution in [0.15, 0.2) is 60.7 Å². The van der Waals surface area contributed by atoms with E-state index in [1.807, 2.05) is 18.2 Å². The van der Waals surface area contributed by atoms with Crippen molar-refractivity contribution in [2.45, 2.75) is 70.4 Å². The van der Waals surface area contributed by atoms with Crippen LogP contribution in [0.25, 0.3) is 11.1 Å². The molecule has 39 heavy (non-hydrogen) atoms. The lowest BCUT2D eigenvalue weighted by Crippen LogP contribution is -2.16. The standard InChI is InChI=1S/C32H41F3O4/c1-22(20-36)11-14-38-29-17-28(18-30(19-29)39-15-12-23(2)21-37)31-9-8-27(16-24(31)3)26-6-4-25(5-7-26)10-13-32(33,34)35/h8-9,16-19,25-26,36-37H,1-2,4-7,10-15,20-21H2,3H3. The van der Waals surface area contributed by atoms with Crippen molar-refractivity contribution < 1.29 is 32.9 Å². The summed E-state index contributed by atoms with van der Waals surface area (Å²) in [7, 11) is 0. The van der Waals surface area contributed by atoms with Crippen molar-refractivity contribution in [1.82, 2.24) is 0 Å². The monoisotopic (exact) mass is 546 g/mol. The second-order valence-corrected chi connectivity index (χ2v) is 10.7. The van der Waals surface area contributed by atoms with Crippen molar-refractivity contribution in [2.75, 3.05) is 26.4 Å². The summed E-state index contributed by atoms with van der Waals surface area (Å²) in [4.78, 5) is 0. The molecular formula is C32H41F3O4. The predicted molar refractivity (Wildman–Crippen MR) is 149 cm³/mol. The number of aliphatic hydroxyl groups is 2. The van der Waals surface area contributed by atoms with Gasteiger partial charge in [-0.1, -0.05) is 31.4 Å². The number of halogens is 3. The van der Waals surface area contributed by atoms with Crippen LogP contribution in [-0.2, 0) is 0 Å². The van der Waals surface area contributed by atoms with Crippen molar-refractivity contribution in [1.29, 1.82) is 0 Å². The van der Waals surface area contributed by atoms with E-state index in [1.165, 1.54) is 5.56 Å². The highest BCUT2D eigenvalue weighted by Gasteiger charge is 2.30. The molecule has 214 valence electrons. The van der Waals surface area contributed by atoms with Crippen LogP contribution in [0.2, 0.25) is 0 Å². The Morgan fingerprint density at radius 2 is 1.44 bits per heavy atom. The molecule has 2 aromatic rings. The average Bonchev–Trinajstić information content (AvgIpc) is 2.91. The van der Waals surface area contributed by atoms with Gasteiger partial charge in [0.15, 0.2) is 0 Å². The molecule has 0 unspecified atom stereocenters. The van der Waals surface area contributed by atoms with E-state index in [-0.39, 0.29) is 25.6 Å². The highest BCUT2D eigenvalue weighted by molar-refractivity contribution is 5.71. The average molecular weight is 547 g/mol. The molecule has 0 amide bonds. The lowest BCUT2D eigenvalue weighted by Gasteiger charge is -2.29. The first-order valence-electron chi connectivity index (χ1n) is 13.7. The zero-order valence-electron chi connectivity index (χ0n) is 22.9. The van der Waals surface area contributed by atoms with Gasteiger partial charge in [0.2, 0.25) is 0 Å². The third-order valence-corrected chi connectivity index (χ3v) is 7.49. The van der Waals surface area contributed by atoms with E-state index >= 15 is 0 Å². The molecule has 2 N–H and O–H groups in total. The Kier molecular flexibility index (Phi) is 11.5. The highest BCUT2D eigenvalue weighted by Crippen LogP contribution is 2.40. The van der Waals surface area contributed by atoms with Crippen LogP contribution in [0.1, 0.15) is 68.4 Å². The number of aryl methyl sites for hydroxylation is 1. The van der Waals surface area contributed by atoms with Crippen LogP contribution in [0, 0.1) is 12.8 Å². The summed E-state index contributed by atoms with van der Waals surface area (Å²) in [6.07, 6.45) is 0.0794. The van der Waals surface area contributed by atoms with Crippen LogP contribution < -0.4 is 9.47 Å². The predicted octanol–water partition coefficient (Wildman–Crippen LogP) is 7.91. The van der Waals surface area contributed by atoms with Gasteiger partial charge in [-0.3, -0.25) is 0 Å². The maximum Gasteiger partial charge on any atom is 0.389 e. The van der Waals surface area contributed by atoms with E-state index in [4.69, 9.17) is 9.47 Å². The zero-order chi connectivity index (χ0) is 28.4. The summed E-state index contributed by atoms with van der Waals surface area (Å²) in [5, 5.41) is 18.4. The van der Waals surface area contributed by atoms with Crippen molar-refractivity contribution >= 4 is 0 Å². The Morgan fingerprint density at radius 3 is 1.92 bits per heavy atom. The molecule has 7 heteroatoms. The van der Waals surface area contributed by atoms with Gasteiger partial charge in [0, 0.05) is 25.3 Å². The molecule has 1 fully saturated rings. The van der Waals surface area contributed by atoms with E-state index in [0.717, 1.165) is 42.4 Å². The maximum atomic E-state index is 12.6. The van der Waals surface area contributed by atoms with Gasteiger partial charge < -0.3 is 19.7 Å². The first-order valence-corrected chi connectivity index (χ1v) is 13.7. The molecule has 0 atom stereocenters. The fourth-order valence-corrected chi connectivity index (χ4v) is 5.10. The van der Waals surface area contributed by atoms with Crippen LogP contribution >= 0.6 is 0 Å². The van der Waals surface area contributed by atoms with E-state index in [0.29, 0.717) is 54.6 Å². The van der Waals surface area contributed by atoms with Gasteiger partial charge in [0.25, 0.3) is 0 Å². The summed E-state index contributed by atoms with van der Waals surface area (Å²) in [5.74, 6) is 1.82. The van der Waals surface area contributed by atoms with Crippen LogP contribution in [-0.4, -0.2) is 42.8 Å². The molecular weight excluding hydrogens is 505 g/mol. The molecule has 2 aromatic carbocycles. The number of ether oxygens (including phenoxy) is 2. The summed E-state index contributed by atoms with van der Waals surface area (Å²) in [5.41, 5.74) is 5.74. The summed E-state index contributed by atoms with van der Waals surface area (Å²) in [6, 6.07) is 12.2. The van der Waals surface area contributed by atoms with Crippen LogP contribution in [0.5, 0.6) is 11.5 Å². The second kappa shape index (κ2) is 14.6. The van der Waals surface area contributed by atoms with Crippen molar-refractivity contribution in [3.05, 3.63) is 71.8 Å². The van der Waals surface area contributed by atoms with Gasteiger partial charge in [-0.2, -0.15) is 13.2 Å². The molecule has 0 saturated heterocycles. The quantitative estimate of drug-likeness (QED) is 0.236. The highest BCUT2D eigenvalue weighted by atomic mass is 19.4. The molecule has 1 aliphatic carbocycles. The zero-order valence-corrected chi connectivity index (χ0v) is 22.9. The number of rotatable bonds is 14. The first kappa shape index (κ1) is 30.8. The Morgan fingerprint density at radius 1 is 0.872 bits per heavy atom. The minimum Gasteiger partial charge on any atom is -0.493 e. The first-order chi connectivity index (χ1) is 18.6. The molecule has 0 heterocycles. The molecule has 0 bridgehead atoms. The van der Waals surface area contributed by atoms with Crippen molar-refractivity contribution in [3.8, 4) is 22.6 Å². The van der Waals surface area contributed by atoms with E-state index in [1.54, 1.807) is 0 Å². The van der Waals surface area contributed by atoms with Gasteiger partial charge >= 0.3 is 6.18 Å². The Hall–Kier alpha value is -2.77. The van der Waals surface area contributed by atoms with Crippen molar-refractivity contribution in [2.24, 2.45) is 5.92 Å². The number of alkyl halides is 3. The lowest BCUT2D eigenvalue weighted by atomic mass is 9.76. The maximum absolute atomic E-state index is 12.6. The molecule has 1 saturated carbocycles. The Bertz CT molecular complexity index is 1060. The van der Waals surface area contributed by atoms with E-state index in [2.05, 4.69) is 38.3 Å². The molecule has 0 radical (unpaired) electrons. The topological polar surface area (TPSA) is 58.9 Å². The largest absolute Gasteiger partial charge is 0.493 e. The SMILES string of the molecule is C=C(CO)CCOc1cc(OCCC(=C)CO)cc(-c2ccc(C3CCC(CCC(F)(F)F)CC3)cc2C)c1. The van der Waals surface area contributed by atoms with Gasteiger partial charge in [0.1, 0.15) is 11.5 Å². The molecule has 1 aliphatic rings. The van der Waals surface area contributed by atoms with Gasteiger partial charge in [-0.05, 0) is 96.4 Å². The molecule has 3 rings (SSSR count). The summed E-state index contributed by atoms with van der Waals surface area (Å²) < 4.78 is 49.7. The molecule has 0 aliphatic heterocycles. The minimum atomic E-state index is -4.07. The molecule has 0 aromatic heterocycles. The summed E-state index contributed by atoms with van der Waals surface area (Å²) in [6.45, 7) is 10.3. The number of hydrogen-bond acceptors (Lipinski definition) is 4. The fraction of sp³-hybridized carbons (Fsp3) is 0.500.